The van der Waals surface area contributed by atoms with E-state index in [0.29, 0.717) is 19.6 Å². The molecule has 0 amide bonds. The second-order valence-corrected chi connectivity index (χ2v) is 7.24. The number of likely N-dealkylation sites (N-methyl/N-ethyl adjacent to an activating group) is 1. The summed E-state index contributed by atoms with van der Waals surface area (Å²) in [4.78, 5) is 2.35. The number of piperazine rings is 1. The standard InChI is InChI=1S/C14H22FN3O2S/c1-3-17-6-7-18(10-11(17)2)21(19,20)13-4-5-14(15)12(8-13)9-16/h4-5,8,11H,3,6-7,9-10,16H2,1-2H3. The van der Waals surface area contributed by atoms with E-state index < -0.39 is 15.8 Å². The van der Waals surface area contributed by atoms with Crippen LogP contribution in [0.1, 0.15) is 19.4 Å². The topological polar surface area (TPSA) is 66.6 Å². The zero-order valence-corrected chi connectivity index (χ0v) is 13.2. The SMILES string of the molecule is CCN1CCN(S(=O)(=O)c2ccc(F)c(CN)c2)CC1C. The van der Waals surface area contributed by atoms with Crippen LogP contribution < -0.4 is 5.73 Å². The van der Waals surface area contributed by atoms with Crippen molar-refractivity contribution in [3.05, 3.63) is 29.6 Å². The molecule has 1 aromatic rings. The van der Waals surface area contributed by atoms with E-state index in [4.69, 9.17) is 5.73 Å². The first-order valence-corrected chi connectivity index (χ1v) is 8.56. The van der Waals surface area contributed by atoms with Gasteiger partial charge in [-0.05, 0) is 31.7 Å². The van der Waals surface area contributed by atoms with Gasteiger partial charge < -0.3 is 5.73 Å². The van der Waals surface area contributed by atoms with Gasteiger partial charge in [-0.25, -0.2) is 12.8 Å². The lowest BCUT2D eigenvalue weighted by atomic mass is 10.2. The highest BCUT2D eigenvalue weighted by atomic mass is 32.2. The second kappa shape index (κ2) is 6.39. The summed E-state index contributed by atoms with van der Waals surface area (Å²) in [7, 11) is -3.59. The Morgan fingerprint density at radius 2 is 2.10 bits per heavy atom. The Bertz CT molecular complexity index is 606. The van der Waals surface area contributed by atoms with Gasteiger partial charge in [0, 0.05) is 37.8 Å². The van der Waals surface area contributed by atoms with Crippen molar-refractivity contribution in [1.29, 1.82) is 0 Å². The molecule has 7 heteroatoms. The highest BCUT2D eigenvalue weighted by Crippen LogP contribution is 2.22. The minimum absolute atomic E-state index is 0.0186. The smallest absolute Gasteiger partial charge is 0.243 e. The van der Waals surface area contributed by atoms with E-state index in [1.54, 1.807) is 0 Å². The predicted molar refractivity (Wildman–Crippen MR) is 79.8 cm³/mol. The molecule has 1 aliphatic heterocycles. The van der Waals surface area contributed by atoms with Gasteiger partial charge in [-0.15, -0.1) is 0 Å². The molecule has 118 valence electrons. The van der Waals surface area contributed by atoms with E-state index in [1.807, 2.05) is 6.92 Å². The van der Waals surface area contributed by atoms with Crippen molar-refractivity contribution in [3.8, 4) is 0 Å². The van der Waals surface area contributed by atoms with Gasteiger partial charge in [-0.2, -0.15) is 4.31 Å². The molecule has 1 atom stereocenters. The molecule has 1 aromatic carbocycles. The van der Waals surface area contributed by atoms with E-state index in [0.717, 1.165) is 6.54 Å². The number of hydrogen-bond donors (Lipinski definition) is 1. The maximum absolute atomic E-state index is 13.5. The van der Waals surface area contributed by atoms with E-state index in [9.17, 15) is 12.8 Å². The molecule has 0 spiro atoms. The third-order valence-electron chi connectivity index (χ3n) is 4.01. The van der Waals surface area contributed by atoms with Gasteiger partial charge in [-0.3, -0.25) is 4.90 Å². The fourth-order valence-corrected chi connectivity index (χ4v) is 4.23. The molecule has 0 saturated carbocycles. The molecular formula is C14H22FN3O2S. The van der Waals surface area contributed by atoms with Gasteiger partial charge >= 0.3 is 0 Å². The quantitative estimate of drug-likeness (QED) is 0.900. The van der Waals surface area contributed by atoms with Crippen molar-refractivity contribution >= 4 is 10.0 Å². The lowest BCUT2D eigenvalue weighted by molar-refractivity contribution is 0.135. The number of halogens is 1. The molecule has 0 aliphatic carbocycles. The molecule has 1 unspecified atom stereocenters. The summed E-state index contributed by atoms with van der Waals surface area (Å²) in [6.07, 6.45) is 0. The Hall–Kier alpha value is -1.02. The summed E-state index contributed by atoms with van der Waals surface area (Å²) < 4.78 is 40.2. The molecule has 2 rings (SSSR count). The molecule has 5 nitrogen and oxygen atoms in total. The summed E-state index contributed by atoms with van der Waals surface area (Å²) in [5, 5.41) is 0. The van der Waals surface area contributed by atoms with Crippen molar-refractivity contribution in [2.75, 3.05) is 26.2 Å². The van der Waals surface area contributed by atoms with Gasteiger partial charge in [0.15, 0.2) is 0 Å². The Kier molecular flexibility index (Phi) is 4.98. The van der Waals surface area contributed by atoms with Gasteiger partial charge in [0.2, 0.25) is 10.0 Å². The Morgan fingerprint density at radius 3 is 2.67 bits per heavy atom. The molecule has 0 bridgehead atoms. The molecule has 1 fully saturated rings. The summed E-state index contributed by atoms with van der Waals surface area (Å²) >= 11 is 0. The van der Waals surface area contributed by atoms with Crippen LogP contribution in [-0.4, -0.2) is 49.8 Å². The summed E-state index contributed by atoms with van der Waals surface area (Å²) in [6.45, 7) is 6.58. The van der Waals surface area contributed by atoms with E-state index in [2.05, 4.69) is 11.8 Å². The molecule has 2 N–H and O–H groups in total. The van der Waals surface area contributed by atoms with Crippen LogP contribution in [0.15, 0.2) is 23.1 Å². The molecule has 1 heterocycles. The van der Waals surface area contributed by atoms with Crippen molar-refractivity contribution in [3.63, 3.8) is 0 Å². The zero-order valence-electron chi connectivity index (χ0n) is 12.4. The highest BCUT2D eigenvalue weighted by molar-refractivity contribution is 7.89. The monoisotopic (exact) mass is 315 g/mol. The molecule has 0 aromatic heterocycles. The molecule has 1 saturated heterocycles. The third kappa shape index (κ3) is 3.26. The van der Waals surface area contributed by atoms with E-state index in [-0.39, 0.29) is 23.0 Å². The number of sulfonamides is 1. The minimum atomic E-state index is -3.59. The third-order valence-corrected chi connectivity index (χ3v) is 5.87. The van der Waals surface area contributed by atoms with E-state index >= 15 is 0 Å². The van der Waals surface area contributed by atoms with Gasteiger partial charge in [-0.1, -0.05) is 6.92 Å². The lowest BCUT2D eigenvalue weighted by Gasteiger charge is -2.38. The number of nitrogens with zero attached hydrogens (tertiary/aromatic N) is 2. The lowest BCUT2D eigenvalue weighted by Crippen LogP contribution is -2.53. The maximum Gasteiger partial charge on any atom is 0.243 e. The van der Waals surface area contributed by atoms with E-state index in [1.165, 1.54) is 22.5 Å². The summed E-state index contributed by atoms with van der Waals surface area (Å²) in [5.74, 6) is -0.472. The van der Waals surface area contributed by atoms with Crippen molar-refractivity contribution in [1.82, 2.24) is 9.21 Å². The van der Waals surface area contributed by atoms with Crippen LogP contribution in [0.4, 0.5) is 4.39 Å². The van der Waals surface area contributed by atoms with Crippen molar-refractivity contribution in [2.45, 2.75) is 31.3 Å². The Labute approximate surface area is 125 Å². The maximum atomic E-state index is 13.5. The zero-order chi connectivity index (χ0) is 15.6. The Balaban J connectivity index is 2.26. The average molecular weight is 315 g/mol. The normalized spacial score (nSPS) is 21.6. The van der Waals surface area contributed by atoms with Gasteiger partial charge in [0.25, 0.3) is 0 Å². The summed E-state index contributed by atoms with van der Waals surface area (Å²) in [5.41, 5.74) is 5.66. The van der Waals surface area contributed by atoms with Crippen LogP contribution in [0, 0.1) is 5.82 Å². The minimum Gasteiger partial charge on any atom is -0.326 e. The predicted octanol–water partition coefficient (Wildman–Crippen LogP) is 0.999. The first-order valence-electron chi connectivity index (χ1n) is 7.12. The fourth-order valence-electron chi connectivity index (χ4n) is 2.67. The fraction of sp³-hybridized carbons (Fsp3) is 0.571. The van der Waals surface area contributed by atoms with Crippen LogP contribution >= 0.6 is 0 Å². The average Bonchev–Trinajstić information content (AvgIpc) is 2.47. The van der Waals surface area contributed by atoms with Crippen LogP contribution in [0.5, 0.6) is 0 Å². The molecular weight excluding hydrogens is 293 g/mol. The number of hydrogen-bond acceptors (Lipinski definition) is 4. The molecule has 21 heavy (non-hydrogen) atoms. The Morgan fingerprint density at radius 1 is 1.38 bits per heavy atom. The van der Waals surface area contributed by atoms with Crippen LogP contribution in [0.25, 0.3) is 0 Å². The summed E-state index contributed by atoms with van der Waals surface area (Å²) in [6, 6.07) is 3.98. The number of benzene rings is 1. The van der Waals surface area contributed by atoms with Gasteiger partial charge in [0.1, 0.15) is 5.82 Å². The van der Waals surface area contributed by atoms with Crippen molar-refractivity contribution in [2.24, 2.45) is 5.73 Å². The highest BCUT2D eigenvalue weighted by Gasteiger charge is 2.31. The number of rotatable bonds is 4. The van der Waals surface area contributed by atoms with Crippen LogP contribution in [0.2, 0.25) is 0 Å². The van der Waals surface area contributed by atoms with Crippen molar-refractivity contribution < 1.29 is 12.8 Å². The van der Waals surface area contributed by atoms with Crippen LogP contribution in [-0.2, 0) is 16.6 Å². The first kappa shape index (κ1) is 16.4. The first-order chi connectivity index (χ1) is 9.90. The number of nitrogens with two attached hydrogens (primary N) is 1. The van der Waals surface area contributed by atoms with Crippen LogP contribution in [0.3, 0.4) is 0 Å². The second-order valence-electron chi connectivity index (χ2n) is 5.30. The molecule has 0 radical (unpaired) electrons. The van der Waals surface area contributed by atoms with Gasteiger partial charge in [0.05, 0.1) is 4.90 Å². The molecule has 1 aliphatic rings. The largest absolute Gasteiger partial charge is 0.326 e.